The van der Waals surface area contributed by atoms with E-state index in [-0.39, 0.29) is 37.5 Å². The van der Waals surface area contributed by atoms with Gasteiger partial charge in [-0.15, -0.1) is 0 Å². The molecule has 0 spiro atoms. The molecule has 0 aromatic rings. The standard InChI is InChI=1S/C61H96O6/c1-4-7-10-13-16-19-22-25-27-29-30-32-33-36-39-42-45-48-51-54-60(63)66-57-58(56-65-59(62)53-50-47-44-41-38-35-24-21-18-15-12-9-6-3)67-61(64)55-52-49-46-43-40-37-34-31-28-26-23-20-17-14-11-8-5-2/h7,9-10,12,15-21,24-28,30,32,36,39,45,48,58H,4-6,8,11,13-14,22-23,29,31,33-35,37-38,40-44,46-47,49-57H2,1-3H3/b10-7-,12-9-,18-15-,19-16-,20-17-,24-21-,27-25-,28-26-,32-30-,39-36-,48-45-. The van der Waals surface area contributed by atoms with E-state index in [9.17, 15) is 14.4 Å². The summed E-state index contributed by atoms with van der Waals surface area (Å²) in [5.74, 6) is -1.04. The van der Waals surface area contributed by atoms with Crippen molar-refractivity contribution >= 4 is 17.9 Å². The topological polar surface area (TPSA) is 78.9 Å². The Morgan fingerprint density at radius 2 is 0.687 bits per heavy atom. The quantitative estimate of drug-likeness (QED) is 0.0199. The maximum absolute atomic E-state index is 12.8. The highest BCUT2D eigenvalue weighted by molar-refractivity contribution is 5.71. The first-order valence-electron chi connectivity index (χ1n) is 26.7. The van der Waals surface area contributed by atoms with Gasteiger partial charge in [0.1, 0.15) is 13.2 Å². The molecule has 0 bridgehead atoms. The minimum Gasteiger partial charge on any atom is -0.462 e. The van der Waals surface area contributed by atoms with Gasteiger partial charge in [0.25, 0.3) is 0 Å². The molecule has 0 amide bonds. The summed E-state index contributed by atoms with van der Waals surface area (Å²) in [7, 11) is 0. The van der Waals surface area contributed by atoms with Gasteiger partial charge >= 0.3 is 17.9 Å². The summed E-state index contributed by atoms with van der Waals surface area (Å²) < 4.78 is 16.7. The van der Waals surface area contributed by atoms with Gasteiger partial charge in [0.05, 0.1) is 0 Å². The lowest BCUT2D eigenvalue weighted by Crippen LogP contribution is -2.30. The minimum atomic E-state index is -0.826. The Bertz CT molecular complexity index is 1480. The number of allylic oxidation sites excluding steroid dienone is 22. The Morgan fingerprint density at radius 3 is 1.16 bits per heavy atom. The van der Waals surface area contributed by atoms with E-state index in [0.717, 1.165) is 116 Å². The predicted molar refractivity (Wildman–Crippen MR) is 288 cm³/mol. The highest BCUT2D eigenvalue weighted by Gasteiger charge is 2.19. The van der Waals surface area contributed by atoms with Crippen molar-refractivity contribution in [2.45, 2.75) is 219 Å². The van der Waals surface area contributed by atoms with Crippen LogP contribution in [0.4, 0.5) is 0 Å². The molecule has 0 fully saturated rings. The third-order valence-electron chi connectivity index (χ3n) is 10.7. The van der Waals surface area contributed by atoms with Crippen LogP contribution < -0.4 is 0 Å². The summed E-state index contributed by atoms with van der Waals surface area (Å²) in [6.45, 7) is 6.26. The number of esters is 3. The second-order valence-electron chi connectivity index (χ2n) is 17.1. The summed E-state index contributed by atoms with van der Waals surface area (Å²) >= 11 is 0. The monoisotopic (exact) mass is 925 g/mol. The lowest BCUT2D eigenvalue weighted by atomic mass is 10.1. The maximum atomic E-state index is 12.8. The number of carbonyl (C=O) groups is 3. The normalized spacial score (nSPS) is 13.2. The molecular weight excluding hydrogens is 829 g/mol. The van der Waals surface area contributed by atoms with Crippen LogP contribution in [0.3, 0.4) is 0 Å². The molecule has 0 rings (SSSR count). The zero-order valence-electron chi connectivity index (χ0n) is 42.9. The first-order chi connectivity index (χ1) is 33.0. The minimum absolute atomic E-state index is 0.120. The van der Waals surface area contributed by atoms with Crippen molar-refractivity contribution in [3.05, 3.63) is 134 Å². The van der Waals surface area contributed by atoms with Crippen molar-refractivity contribution < 1.29 is 28.6 Å². The molecule has 0 aliphatic heterocycles. The molecule has 6 nitrogen and oxygen atoms in total. The van der Waals surface area contributed by atoms with Crippen molar-refractivity contribution in [2.24, 2.45) is 0 Å². The van der Waals surface area contributed by atoms with E-state index in [1.807, 2.05) is 18.2 Å². The molecule has 0 aliphatic carbocycles. The van der Waals surface area contributed by atoms with Crippen LogP contribution >= 0.6 is 0 Å². The molecule has 0 saturated heterocycles. The molecule has 0 aromatic heterocycles. The van der Waals surface area contributed by atoms with Crippen molar-refractivity contribution in [2.75, 3.05) is 13.2 Å². The van der Waals surface area contributed by atoms with E-state index in [2.05, 4.69) is 136 Å². The Kier molecular flexibility index (Phi) is 50.6. The third kappa shape index (κ3) is 52.4. The molecule has 0 aromatic carbocycles. The lowest BCUT2D eigenvalue weighted by molar-refractivity contribution is -0.166. The molecule has 1 atom stereocenters. The fraction of sp³-hybridized carbons (Fsp3) is 0.590. The second kappa shape index (κ2) is 54.2. The SMILES string of the molecule is CC\C=C/C=C\C=C/CCCCCCCC(=O)OCC(COC(=O)CC/C=C\C/C=C\C/C=C\C/C=C\C/C=C\C/C=C\CC)OC(=O)CCCCCCCCC/C=C\C/C=C\CCCCC. The van der Waals surface area contributed by atoms with Crippen molar-refractivity contribution in [3.63, 3.8) is 0 Å². The first kappa shape index (κ1) is 62.5. The van der Waals surface area contributed by atoms with Crippen LogP contribution in [0.1, 0.15) is 213 Å². The zero-order valence-corrected chi connectivity index (χ0v) is 42.9. The molecule has 0 aliphatic rings. The van der Waals surface area contributed by atoms with Gasteiger partial charge in [-0.25, -0.2) is 0 Å². The number of unbranched alkanes of at least 4 members (excludes halogenated alkanes) is 15. The van der Waals surface area contributed by atoms with Gasteiger partial charge in [-0.2, -0.15) is 0 Å². The molecule has 1 unspecified atom stereocenters. The lowest BCUT2D eigenvalue weighted by Gasteiger charge is -2.18. The van der Waals surface area contributed by atoms with Crippen molar-refractivity contribution in [1.29, 1.82) is 0 Å². The van der Waals surface area contributed by atoms with Gasteiger partial charge in [0, 0.05) is 19.3 Å². The number of rotatable bonds is 46. The predicted octanol–water partition coefficient (Wildman–Crippen LogP) is 17.9. The molecule has 0 N–H and O–H groups in total. The molecular formula is C61H96O6. The van der Waals surface area contributed by atoms with Crippen LogP contribution in [0.5, 0.6) is 0 Å². The molecule has 0 radical (unpaired) electrons. The van der Waals surface area contributed by atoms with Crippen LogP contribution in [-0.4, -0.2) is 37.2 Å². The number of hydrogen-bond donors (Lipinski definition) is 0. The molecule has 376 valence electrons. The van der Waals surface area contributed by atoms with Gasteiger partial charge in [-0.05, 0) is 109 Å². The van der Waals surface area contributed by atoms with Crippen LogP contribution in [-0.2, 0) is 28.6 Å². The number of ether oxygens (including phenoxy) is 3. The summed E-state index contributed by atoms with van der Waals surface area (Å²) in [4.78, 5) is 38.0. The van der Waals surface area contributed by atoms with Gasteiger partial charge < -0.3 is 14.2 Å². The summed E-state index contributed by atoms with van der Waals surface area (Å²) in [6, 6.07) is 0. The molecule has 0 heterocycles. The first-order valence-corrected chi connectivity index (χ1v) is 26.7. The van der Waals surface area contributed by atoms with Gasteiger partial charge in [-0.3, -0.25) is 14.4 Å². The van der Waals surface area contributed by atoms with Crippen molar-refractivity contribution in [3.8, 4) is 0 Å². The van der Waals surface area contributed by atoms with E-state index in [4.69, 9.17) is 14.2 Å². The zero-order chi connectivity index (χ0) is 48.6. The van der Waals surface area contributed by atoms with E-state index in [1.165, 1.54) is 51.4 Å². The van der Waals surface area contributed by atoms with Crippen molar-refractivity contribution in [1.82, 2.24) is 0 Å². The van der Waals surface area contributed by atoms with Crippen LogP contribution in [0, 0.1) is 0 Å². The molecule has 67 heavy (non-hydrogen) atoms. The van der Waals surface area contributed by atoms with Gasteiger partial charge in [0.2, 0.25) is 0 Å². The van der Waals surface area contributed by atoms with Gasteiger partial charge in [-0.1, -0.05) is 219 Å². The number of hydrogen-bond acceptors (Lipinski definition) is 6. The Morgan fingerprint density at radius 1 is 0.328 bits per heavy atom. The molecule has 0 saturated carbocycles. The van der Waals surface area contributed by atoms with Crippen LogP contribution in [0.15, 0.2) is 134 Å². The van der Waals surface area contributed by atoms with Gasteiger partial charge in [0.15, 0.2) is 6.10 Å². The largest absolute Gasteiger partial charge is 0.462 e. The van der Waals surface area contributed by atoms with Crippen LogP contribution in [0.25, 0.3) is 0 Å². The van der Waals surface area contributed by atoms with Crippen LogP contribution in [0.2, 0.25) is 0 Å². The summed E-state index contributed by atoms with van der Waals surface area (Å²) in [5, 5.41) is 0. The molecule has 6 heteroatoms. The number of carbonyl (C=O) groups excluding carboxylic acids is 3. The summed E-state index contributed by atoms with van der Waals surface area (Å²) in [5.41, 5.74) is 0. The fourth-order valence-electron chi connectivity index (χ4n) is 6.73. The fourth-order valence-corrected chi connectivity index (χ4v) is 6.73. The van der Waals surface area contributed by atoms with E-state index in [0.29, 0.717) is 19.3 Å². The highest BCUT2D eigenvalue weighted by atomic mass is 16.6. The smallest absolute Gasteiger partial charge is 0.306 e. The Labute approximate surface area is 411 Å². The summed E-state index contributed by atoms with van der Waals surface area (Å²) in [6.07, 6.45) is 75.9. The third-order valence-corrected chi connectivity index (χ3v) is 10.7. The maximum Gasteiger partial charge on any atom is 0.306 e. The Hall–Kier alpha value is -4.45. The highest BCUT2D eigenvalue weighted by Crippen LogP contribution is 2.13. The van der Waals surface area contributed by atoms with E-state index < -0.39 is 6.10 Å². The van der Waals surface area contributed by atoms with E-state index in [1.54, 1.807) is 0 Å². The average molecular weight is 925 g/mol. The van der Waals surface area contributed by atoms with E-state index >= 15 is 0 Å². The Balaban J connectivity index is 4.56. The second-order valence-corrected chi connectivity index (χ2v) is 17.1. The average Bonchev–Trinajstić information content (AvgIpc) is 3.33.